The Hall–Kier alpha value is -3.98. The van der Waals surface area contributed by atoms with Crippen molar-refractivity contribution in [3.63, 3.8) is 0 Å². The van der Waals surface area contributed by atoms with Crippen molar-refractivity contribution in [1.82, 2.24) is 14.8 Å². The first-order valence-corrected chi connectivity index (χ1v) is 13.0. The third-order valence-corrected chi connectivity index (χ3v) is 6.75. The van der Waals surface area contributed by atoms with Crippen molar-refractivity contribution in [1.29, 1.82) is 0 Å². The van der Waals surface area contributed by atoms with Crippen LogP contribution < -0.4 is 4.90 Å². The zero-order chi connectivity index (χ0) is 34.8. The quantitative estimate of drug-likeness (QED) is 0.406. The molecule has 1 atom stereocenters. The van der Waals surface area contributed by atoms with Gasteiger partial charge in [-0.3, -0.25) is 19.6 Å². The summed E-state index contributed by atoms with van der Waals surface area (Å²) in [6, 6.07) is 6.07. The summed E-state index contributed by atoms with van der Waals surface area (Å²) >= 11 is 1.75. The van der Waals surface area contributed by atoms with Gasteiger partial charge in [0, 0.05) is 32.4 Å². The minimum Gasteiger partial charge on any atom is -0.475 e. The average Bonchev–Trinajstić information content (AvgIpc) is 3.57. The number of carboxylic acid groups (broad SMARTS) is 3. The second-order valence-electron chi connectivity index (χ2n) is 9.27. The molecule has 1 amide bonds. The molecule has 0 aromatic carbocycles. The average molecular weight is 685 g/mol. The highest BCUT2D eigenvalue weighted by molar-refractivity contribution is 7.07. The van der Waals surface area contributed by atoms with Gasteiger partial charge in [0.2, 0.25) is 5.91 Å². The summed E-state index contributed by atoms with van der Waals surface area (Å²) in [7, 11) is 2.09. The first-order valence-electron chi connectivity index (χ1n) is 12.0. The molecule has 45 heavy (non-hydrogen) atoms. The van der Waals surface area contributed by atoms with E-state index >= 15 is 0 Å². The minimum absolute atomic E-state index is 0.0414. The molecule has 1 spiro atoms. The third kappa shape index (κ3) is 12.9. The van der Waals surface area contributed by atoms with Crippen LogP contribution in [0, 0.1) is 0 Å². The van der Waals surface area contributed by atoms with Gasteiger partial charge in [0.05, 0.1) is 24.0 Å². The van der Waals surface area contributed by atoms with E-state index in [2.05, 4.69) is 38.7 Å². The number of rotatable bonds is 3. The van der Waals surface area contributed by atoms with Gasteiger partial charge in [-0.05, 0) is 48.0 Å². The Labute approximate surface area is 252 Å². The Morgan fingerprint density at radius 3 is 1.82 bits per heavy atom. The Morgan fingerprint density at radius 2 is 1.42 bits per heavy atom. The number of likely N-dealkylation sites (N-methyl/N-ethyl adjacent to an activating group) is 1. The third-order valence-electron chi connectivity index (χ3n) is 6.02. The number of aliphatic carboxylic acids is 3. The van der Waals surface area contributed by atoms with Gasteiger partial charge >= 0.3 is 36.4 Å². The number of carbonyl (C=O) groups is 4. The minimum atomic E-state index is -5.08. The normalized spacial score (nSPS) is 19.0. The van der Waals surface area contributed by atoms with E-state index in [0.717, 1.165) is 38.3 Å². The van der Waals surface area contributed by atoms with Gasteiger partial charge in [0.25, 0.3) is 0 Å². The van der Waals surface area contributed by atoms with Crippen LogP contribution in [0.25, 0.3) is 0 Å². The highest BCUT2D eigenvalue weighted by atomic mass is 32.1. The summed E-state index contributed by atoms with van der Waals surface area (Å²) in [6.45, 7) is 4.30. The van der Waals surface area contributed by atoms with Crippen LogP contribution in [-0.4, -0.2) is 111 Å². The van der Waals surface area contributed by atoms with E-state index in [4.69, 9.17) is 29.7 Å². The summed E-state index contributed by atoms with van der Waals surface area (Å²) in [5.41, 5.74) is 2.33. The lowest BCUT2D eigenvalue weighted by molar-refractivity contribution is -0.193. The number of pyridine rings is 1. The van der Waals surface area contributed by atoms with Crippen molar-refractivity contribution < 1.29 is 74.0 Å². The highest BCUT2D eigenvalue weighted by Crippen LogP contribution is 2.34. The summed E-state index contributed by atoms with van der Waals surface area (Å²) in [6.07, 6.45) is -10.6. The van der Waals surface area contributed by atoms with Crippen molar-refractivity contribution in [2.75, 3.05) is 38.1 Å². The van der Waals surface area contributed by atoms with Gasteiger partial charge in [-0.25, -0.2) is 14.4 Å². The number of thiophene rings is 1. The number of hydrogen-bond acceptors (Lipinski definition) is 8. The van der Waals surface area contributed by atoms with Gasteiger partial charge < -0.3 is 20.2 Å². The van der Waals surface area contributed by atoms with Crippen molar-refractivity contribution in [3.05, 3.63) is 46.9 Å². The van der Waals surface area contributed by atoms with Gasteiger partial charge in [0.15, 0.2) is 0 Å². The van der Waals surface area contributed by atoms with Gasteiger partial charge in [-0.15, -0.1) is 0 Å². The molecule has 2 aliphatic rings. The Kier molecular flexibility index (Phi) is 13.7. The first-order chi connectivity index (χ1) is 20.5. The van der Waals surface area contributed by atoms with Crippen LogP contribution in [0.5, 0.6) is 0 Å². The van der Waals surface area contributed by atoms with Crippen LogP contribution in [0.2, 0.25) is 0 Å². The number of anilines is 1. The summed E-state index contributed by atoms with van der Waals surface area (Å²) < 4.78 is 95.2. The SMILES string of the molecule is CN1CC(=O)N(c2cccnc2)CC12CCN(Cc1ccsc1)C2.O=C(O)C(F)(F)F.O=C(O)C(F)(F)F.O=C(O)C(F)(F)F. The number of alkyl halides is 9. The summed E-state index contributed by atoms with van der Waals surface area (Å²) in [5, 5.41) is 25.7. The largest absolute Gasteiger partial charge is 0.490 e. The van der Waals surface area contributed by atoms with Gasteiger partial charge in [0.1, 0.15) is 0 Å². The number of halogens is 9. The monoisotopic (exact) mass is 684 g/mol. The standard InChI is InChI=1S/C18H22N4OS.3C2HF3O2/c1-20-11-17(23)22(16-3-2-6-19-9-16)14-18(20)5-7-21(13-18)10-15-4-8-24-12-15;3*3-2(4,5)1(6)7/h2-4,6,8-9,12H,5,7,10-11,13-14H2,1H3;3*(H,6,7). The number of amides is 1. The predicted molar refractivity (Wildman–Crippen MR) is 137 cm³/mol. The van der Waals surface area contributed by atoms with Crippen LogP contribution in [0.3, 0.4) is 0 Å². The molecule has 2 aliphatic heterocycles. The van der Waals surface area contributed by atoms with Crippen LogP contribution in [0.1, 0.15) is 12.0 Å². The lowest BCUT2D eigenvalue weighted by Crippen LogP contribution is -2.64. The number of piperazine rings is 1. The number of aromatic nitrogens is 1. The fourth-order valence-electron chi connectivity index (χ4n) is 3.86. The molecule has 2 saturated heterocycles. The molecule has 0 bridgehead atoms. The van der Waals surface area contributed by atoms with Crippen molar-refractivity contribution in [3.8, 4) is 0 Å². The topological polar surface area (TPSA) is 152 Å². The molecule has 2 fully saturated rings. The van der Waals surface area contributed by atoms with Crippen molar-refractivity contribution in [2.45, 2.75) is 37.0 Å². The number of hydrogen-bond donors (Lipinski definition) is 3. The maximum absolute atomic E-state index is 12.5. The summed E-state index contributed by atoms with van der Waals surface area (Å²) in [4.78, 5) is 50.1. The molecule has 0 radical (unpaired) electrons. The Bertz CT molecular complexity index is 1220. The van der Waals surface area contributed by atoms with E-state index in [1.165, 1.54) is 5.56 Å². The van der Waals surface area contributed by atoms with Gasteiger partial charge in [-0.2, -0.15) is 50.9 Å². The molecule has 252 valence electrons. The van der Waals surface area contributed by atoms with Crippen LogP contribution in [0.15, 0.2) is 41.4 Å². The fourth-order valence-corrected chi connectivity index (χ4v) is 4.52. The molecule has 0 aliphatic carbocycles. The molecular formula is C24H25F9N4O7S. The van der Waals surface area contributed by atoms with Crippen LogP contribution in [0.4, 0.5) is 45.2 Å². The second kappa shape index (κ2) is 15.8. The molecule has 2 aromatic rings. The number of carboxylic acids is 3. The first kappa shape index (κ1) is 39.0. The van der Waals surface area contributed by atoms with E-state index in [9.17, 15) is 44.3 Å². The lowest BCUT2D eigenvalue weighted by atomic mass is 9.92. The Balaban J connectivity index is 0.000000396. The lowest BCUT2D eigenvalue weighted by Gasteiger charge is -2.46. The molecule has 21 heteroatoms. The number of carbonyl (C=O) groups excluding carboxylic acids is 1. The molecule has 11 nitrogen and oxygen atoms in total. The maximum Gasteiger partial charge on any atom is 0.490 e. The van der Waals surface area contributed by atoms with E-state index < -0.39 is 36.4 Å². The smallest absolute Gasteiger partial charge is 0.475 e. The van der Waals surface area contributed by atoms with Crippen LogP contribution >= 0.6 is 11.3 Å². The fraction of sp³-hybridized carbons (Fsp3) is 0.458. The molecular weight excluding hydrogens is 659 g/mol. The molecule has 0 saturated carbocycles. The van der Waals surface area contributed by atoms with Crippen LogP contribution in [-0.2, 0) is 25.7 Å². The van der Waals surface area contributed by atoms with E-state index in [0.29, 0.717) is 6.54 Å². The van der Waals surface area contributed by atoms with Crippen molar-refractivity contribution in [2.24, 2.45) is 0 Å². The molecule has 1 unspecified atom stereocenters. The molecule has 3 N–H and O–H groups in total. The second-order valence-corrected chi connectivity index (χ2v) is 10.1. The van der Waals surface area contributed by atoms with E-state index in [1.54, 1.807) is 23.7 Å². The van der Waals surface area contributed by atoms with E-state index in [-0.39, 0.29) is 11.4 Å². The number of nitrogens with zero attached hydrogens (tertiary/aromatic N) is 4. The molecule has 4 heterocycles. The predicted octanol–water partition coefficient (Wildman–Crippen LogP) is 3.97. The molecule has 2 aromatic heterocycles. The Morgan fingerprint density at radius 1 is 0.911 bits per heavy atom. The zero-order valence-electron chi connectivity index (χ0n) is 22.9. The summed E-state index contributed by atoms with van der Waals surface area (Å²) in [5.74, 6) is -8.11. The highest BCUT2D eigenvalue weighted by Gasteiger charge is 2.47. The van der Waals surface area contributed by atoms with Gasteiger partial charge in [-0.1, -0.05) is 0 Å². The zero-order valence-corrected chi connectivity index (χ0v) is 23.7. The maximum atomic E-state index is 12.5. The van der Waals surface area contributed by atoms with E-state index in [1.807, 2.05) is 17.0 Å². The number of likely N-dealkylation sites (tertiary alicyclic amines) is 1. The molecule has 4 rings (SSSR count). The van der Waals surface area contributed by atoms with Crippen molar-refractivity contribution >= 4 is 40.8 Å².